The molecule has 1 N–H and O–H groups in total. The van der Waals surface area contributed by atoms with Gasteiger partial charge >= 0.3 is 0 Å². The normalized spacial score (nSPS) is 26.8. The number of nitrogens with zero attached hydrogens (tertiary/aromatic N) is 1. The molecule has 1 aromatic carbocycles. The maximum absolute atomic E-state index is 6.52. The molecule has 2 fully saturated rings. The zero-order valence-corrected chi connectivity index (χ0v) is 13.7. The van der Waals surface area contributed by atoms with Crippen molar-refractivity contribution in [3.63, 3.8) is 0 Å². The number of halogens is 1. The molecule has 116 valence electrons. The van der Waals surface area contributed by atoms with Gasteiger partial charge in [-0.05, 0) is 57.3 Å². The van der Waals surface area contributed by atoms with Crippen molar-refractivity contribution >= 4 is 11.6 Å². The lowest BCUT2D eigenvalue weighted by Gasteiger charge is -2.40. The fraction of sp³-hybridized carbons (Fsp3) is 0.647. The molecule has 0 aromatic heterocycles. The first kappa shape index (κ1) is 15.1. The van der Waals surface area contributed by atoms with Gasteiger partial charge in [0.15, 0.2) is 0 Å². The van der Waals surface area contributed by atoms with E-state index in [1.807, 2.05) is 18.2 Å². The Balaban J connectivity index is 1.87. The molecule has 2 aliphatic rings. The molecular weight excluding hydrogens is 284 g/mol. The summed E-state index contributed by atoms with van der Waals surface area (Å²) in [6.07, 6.45) is 5.19. The number of nitrogens with one attached hydrogen (secondary N) is 1. The first-order chi connectivity index (χ1) is 10.2. The minimum Gasteiger partial charge on any atom is -0.496 e. The van der Waals surface area contributed by atoms with Crippen molar-refractivity contribution in [1.29, 1.82) is 0 Å². The number of likely N-dealkylation sites (tertiary alicyclic amines) is 1. The number of benzene rings is 1. The molecule has 0 bridgehead atoms. The van der Waals surface area contributed by atoms with Crippen LogP contribution in [0, 0.1) is 5.92 Å². The van der Waals surface area contributed by atoms with Crippen LogP contribution in [0.4, 0.5) is 0 Å². The van der Waals surface area contributed by atoms with E-state index >= 15 is 0 Å². The number of rotatable bonds is 5. The summed E-state index contributed by atoms with van der Waals surface area (Å²) < 4.78 is 5.58. The summed E-state index contributed by atoms with van der Waals surface area (Å²) in [6.45, 7) is 2.20. The number of hydrogen-bond donors (Lipinski definition) is 1. The van der Waals surface area contributed by atoms with Crippen molar-refractivity contribution in [1.82, 2.24) is 10.2 Å². The monoisotopic (exact) mass is 308 g/mol. The van der Waals surface area contributed by atoms with Gasteiger partial charge in [0.25, 0.3) is 0 Å². The predicted molar refractivity (Wildman–Crippen MR) is 87.1 cm³/mol. The molecule has 0 spiro atoms. The smallest absolute Gasteiger partial charge is 0.125 e. The Morgan fingerprint density at radius 3 is 2.86 bits per heavy atom. The Labute approximate surface area is 132 Å². The Morgan fingerprint density at radius 2 is 2.14 bits per heavy atom. The van der Waals surface area contributed by atoms with E-state index in [2.05, 4.69) is 17.3 Å². The summed E-state index contributed by atoms with van der Waals surface area (Å²) >= 11 is 6.52. The number of methoxy groups -OCH3 is 1. The first-order valence-electron chi connectivity index (χ1n) is 7.96. The second kappa shape index (κ2) is 6.55. The van der Waals surface area contributed by atoms with Crippen LogP contribution in [0.3, 0.4) is 0 Å². The average Bonchev–Trinajstić information content (AvgIpc) is 3.30. The van der Waals surface area contributed by atoms with Gasteiger partial charge in [-0.2, -0.15) is 0 Å². The molecule has 1 saturated heterocycles. The SMILES string of the molecule is COc1cccc(Cl)c1C1C(CNC2CC2)CCCN1C. The minimum absolute atomic E-state index is 0.341. The Hall–Kier alpha value is -0.770. The zero-order chi connectivity index (χ0) is 14.8. The fourth-order valence-electron chi connectivity index (χ4n) is 3.52. The third-order valence-electron chi connectivity index (χ3n) is 4.78. The minimum atomic E-state index is 0.341. The molecule has 2 atom stereocenters. The molecule has 0 amide bonds. The number of hydrogen-bond acceptors (Lipinski definition) is 3. The fourth-order valence-corrected chi connectivity index (χ4v) is 3.79. The maximum Gasteiger partial charge on any atom is 0.125 e. The van der Waals surface area contributed by atoms with Gasteiger partial charge in [-0.1, -0.05) is 17.7 Å². The molecule has 1 saturated carbocycles. The van der Waals surface area contributed by atoms with Crippen LogP contribution in [0.2, 0.25) is 5.02 Å². The van der Waals surface area contributed by atoms with Crippen molar-refractivity contribution in [3.05, 3.63) is 28.8 Å². The molecule has 2 unspecified atom stereocenters. The predicted octanol–water partition coefficient (Wildman–Crippen LogP) is 3.48. The maximum atomic E-state index is 6.52. The van der Waals surface area contributed by atoms with Crippen molar-refractivity contribution in [2.24, 2.45) is 5.92 Å². The lowest BCUT2D eigenvalue weighted by Crippen LogP contribution is -2.41. The zero-order valence-electron chi connectivity index (χ0n) is 12.9. The van der Waals surface area contributed by atoms with Crippen LogP contribution in [0.1, 0.15) is 37.3 Å². The van der Waals surface area contributed by atoms with E-state index in [-0.39, 0.29) is 0 Å². The van der Waals surface area contributed by atoms with Gasteiger partial charge in [-0.25, -0.2) is 0 Å². The highest BCUT2D eigenvalue weighted by atomic mass is 35.5. The van der Waals surface area contributed by atoms with Gasteiger partial charge in [0.05, 0.1) is 7.11 Å². The van der Waals surface area contributed by atoms with Crippen LogP contribution in [-0.2, 0) is 0 Å². The lowest BCUT2D eigenvalue weighted by atomic mass is 9.84. The van der Waals surface area contributed by atoms with Crippen LogP contribution in [0.15, 0.2) is 18.2 Å². The lowest BCUT2D eigenvalue weighted by molar-refractivity contribution is 0.117. The van der Waals surface area contributed by atoms with E-state index in [1.165, 1.54) is 25.7 Å². The molecular formula is C17H25ClN2O. The summed E-state index contributed by atoms with van der Waals surface area (Å²) in [5.74, 6) is 1.51. The Morgan fingerprint density at radius 1 is 1.33 bits per heavy atom. The Kier molecular flexibility index (Phi) is 4.72. The highest BCUT2D eigenvalue weighted by Gasteiger charge is 2.34. The standard InChI is InChI=1S/C17H25ClN2O/c1-20-10-4-5-12(11-19-13-8-9-13)17(20)16-14(18)6-3-7-15(16)21-2/h3,6-7,12-13,17,19H,4-5,8-11H2,1-2H3. The van der Waals surface area contributed by atoms with Crippen molar-refractivity contribution in [2.75, 3.05) is 27.2 Å². The van der Waals surface area contributed by atoms with E-state index in [1.54, 1.807) is 7.11 Å². The van der Waals surface area contributed by atoms with Gasteiger partial charge in [0.1, 0.15) is 5.75 Å². The van der Waals surface area contributed by atoms with Crippen LogP contribution in [0.25, 0.3) is 0 Å². The van der Waals surface area contributed by atoms with E-state index in [4.69, 9.17) is 16.3 Å². The highest BCUT2D eigenvalue weighted by Crippen LogP contribution is 2.42. The first-order valence-corrected chi connectivity index (χ1v) is 8.34. The summed E-state index contributed by atoms with van der Waals surface area (Å²) in [5.41, 5.74) is 1.16. The van der Waals surface area contributed by atoms with Gasteiger partial charge < -0.3 is 10.1 Å². The van der Waals surface area contributed by atoms with Crippen molar-refractivity contribution in [2.45, 2.75) is 37.8 Å². The molecule has 1 aromatic rings. The second-order valence-corrected chi connectivity index (χ2v) is 6.77. The van der Waals surface area contributed by atoms with E-state index in [0.717, 1.165) is 35.5 Å². The summed E-state index contributed by atoms with van der Waals surface area (Å²) in [7, 11) is 3.94. The quantitative estimate of drug-likeness (QED) is 0.901. The molecule has 1 aliphatic heterocycles. The molecule has 0 radical (unpaired) electrons. The average molecular weight is 309 g/mol. The summed E-state index contributed by atoms with van der Waals surface area (Å²) in [5, 5.41) is 4.52. The largest absolute Gasteiger partial charge is 0.496 e. The van der Waals surface area contributed by atoms with Crippen molar-refractivity contribution < 1.29 is 4.74 Å². The number of piperidine rings is 1. The van der Waals surface area contributed by atoms with Gasteiger partial charge in [-0.3, -0.25) is 4.90 Å². The second-order valence-electron chi connectivity index (χ2n) is 6.37. The summed E-state index contributed by atoms with van der Waals surface area (Å²) in [6, 6.07) is 7.06. The highest BCUT2D eigenvalue weighted by molar-refractivity contribution is 6.31. The topological polar surface area (TPSA) is 24.5 Å². The molecule has 4 heteroatoms. The molecule has 21 heavy (non-hydrogen) atoms. The van der Waals surface area contributed by atoms with Crippen molar-refractivity contribution in [3.8, 4) is 5.75 Å². The van der Waals surface area contributed by atoms with E-state index in [0.29, 0.717) is 12.0 Å². The molecule has 3 nitrogen and oxygen atoms in total. The molecule has 3 rings (SSSR count). The third kappa shape index (κ3) is 3.36. The van der Waals surface area contributed by atoms with Gasteiger partial charge in [0.2, 0.25) is 0 Å². The van der Waals surface area contributed by atoms with Crippen LogP contribution in [0.5, 0.6) is 5.75 Å². The van der Waals surface area contributed by atoms with Gasteiger partial charge in [0, 0.05) is 29.2 Å². The summed E-state index contributed by atoms with van der Waals surface area (Å²) in [4.78, 5) is 2.44. The third-order valence-corrected chi connectivity index (χ3v) is 5.11. The van der Waals surface area contributed by atoms with E-state index in [9.17, 15) is 0 Å². The van der Waals surface area contributed by atoms with Gasteiger partial charge in [-0.15, -0.1) is 0 Å². The van der Waals surface area contributed by atoms with Crippen LogP contribution >= 0.6 is 11.6 Å². The number of ether oxygens (including phenoxy) is 1. The van der Waals surface area contributed by atoms with Crippen LogP contribution in [-0.4, -0.2) is 38.2 Å². The van der Waals surface area contributed by atoms with Crippen LogP contribution < -0.4 is 10.1 Å². The van der Waals surface area contributed by atoms with E-state index < -0.39 is 0 Å². The Bertz CT molecular complexity index is 490. The molecule has 1 heterocycles. The molecule has 1 aliphatic carbocycles.